The summed E-state index contributed by atoms with van der Waals surface area (Å²) in [5.41, 5.74) is 0.414. The zero-order chi connectivity index (χ0) is 16.3. The van der Waals surface area contributed by atoms with Crippen molar-refractivity contribution < 1.29 is 9.21 Å². The van der Waals surface area contributed by atoms with E-state index in [1.807, 2.05) is 4.90 Å². The summed E-state index contributed by atoms with van der Waals surface area (Å²) < 4.78 is 5.20. The lowest BCUT2D eigenvalue weighted by molar-refractivity contribution is 0.0657. The summed E-state index contributed by atoms with van der Waals surface area (Å²) in [6.45, 7) is 9.12. The normalized spacial score (nSPS) is 20.5. The van der Waals surface area contributed by atoms with Crippen molar-refractivity contribution in [3.63, 3.8) is 0 Å². The summed E-state index contributed by atoms with van der Waals surface area (Å²) in [7, 11) is 0. The van der Waals surface area contributed by atoms with Gasteiger partial charge >= 0.3 is 0 Å². The molecule has 0 spiro atoms. The highest BCUT2D eigenvalue weighted by Gasteiger charge is 2.37. The van der Waals surface area contributed by atoms with E-state index in [4.69, 9.17) is 9.41 Å². The van der Waals surface area contributed by atoms with Gasteiger partial charge in [-0.2, -0.15) is 0 Å². The van der Waals surface area contributed by atoms with Crippen LogP contribution in [0.1, 0.15) is 37.2 Å². The molecule has 3 rings (SSSR count). The number of carbonyl (C=O) groups excluding carboxylic acids is 1. The van der Waals surface area contributed by atoms with E-state index >= 15 is 0 Å². The highest BCUT2D eigenvalue weighted by Crippen LogP contribution is 2.45. The Kier molecular flexibility index (Phi) is 4.59. The molecule has 1 aromatic heterocycles. The molecule has 1 aliphatic heterocycles. The van der Waals surface area contributed by atoms with Crippen LogP contribution < -0.4 is 5.32 Å². The molecule has 0 bridgehead atoms. The fourth-order valence-electron chi connectivity index (χ4n) is 2.74. The number of carbonyl (C=O) groups is 1. The lowest BCUT2D eigenvalue weighted by Gasteiger charge is -2.36. The Morgan fingerprint density at radius 1 is 1.30 bits per heavy atom. The van der Waals surface area contributed by atoms with Gasteiger partial charge in [-0.1, -0.05) is 6.92 Å². The molecule has 6 nitrogen and oxygen atoms in total. The van der Waals surface area contributed by atoms with Gasteiger partial charge in [0.1, 0.15) is 0 Å². The van der Waals surface area contributed by atoms with Gasteiger partial charge in [0.25, 0.3) is 5.91 Å². The number of nitrogens with one attached hydrogen (secondary N) is 1. The first-order valence-electron chi connectivity index (χ1n) is 8.47. The molecule has 1 saturated carbocycles. The van der Waals surface area contributed by atoms with E-state index in [2.05, 4.69) is 24.1 Å². The molecule has 1 aliphatic carbocycles. The number of rotatable bonds is 4. The molecule has 23 heavy (non-hydrogen) atoms. The fraction of sp³-hybridized carbons (Fsp3) is 0.647. The van der Waals surface area contributed by atoms with Crippen molar-refractivity contribution in [3.05, 3.63) is 24.2 Å². The summed E-state index contributed by atoms with van der Waals surface area (Å²) in [5, 5.41) is 3.38. The van der Waals surface area contributed by atoms with Crippen LogP contribution in [0.15, 0.2) is 27.8 Å². The van der Waals surface area contributed by atoms with Gasteiger partial charge in [-0.05, 0) is 37.3 Å². The van der Waals surface area contributed by atoms with Crippen LogP contribution in [0.25, 0.3) is 0 Å². The Balaban J connectivity index is 1.56. The predicted octanol–water partition coefficient (Wildman–Crippen LogP) is 1.80. The number of aliphatic imine (C=N–C) groups is 1. The number of nitrogens with zero attached hydrogens (tertiary/aromatic N) is 3. The van der Waals surface area contributed by atoms with Crippen LogP contribution in [-0.2, 0) is 0 Å². The van der Waals surface area contributed by atoms with E-state index in [0.29, 0.717) is 24.3 Å². The van der Waals surface area contributed by atoms with E-state index in [-0.39, 0.29) is 5.91 Å². The summed E-state index contributed by atoms with van der Waals surface area (Å²) in [5.74, 6) is 1.37. The number of amides is 1. The SMILES string of the molecule is CCNC(=NCC1(C)CC1)N1CCN(C(=O)c2ccco2)CC1. The average molecular weight is 318 g/mol. The Bertz CT molecular complexity index is 555. The van der Waals surface area contributed by atoms with Crippen LogP contribution in [0.5, 0.6) is 0 Å². The maximum atomic E-state index is 12.3. The van der Waals surface area contributed by atoms with E-state index in [0.717, 1.165) is 32.1 Å². The third kappa shape index (κ3) is 3.86. The van der Waals surface area contributed by atoms with E-state index in [9.17, 15) is 4.79 Å². The molecule has 0 atom stereocenters. The van der Waals surface area contributed by atoms with E-state index in [1.54, 1.807) is 12.1 Å². The van der Waals surface area contributed by atoms with Crippen molar-refractivity contribution in [2.24, 2.45) is 10.4 Å². The van der Waals surface area contributed by atoms with Crippen molar-refractivity contribution in [2.75, 3.05) is 39.3 Å². The fourth-order valence-corrected chi connectivity index (χ4v) is 2.74. The van der Waals surface area contributed by atoms with Crippen LogP contribution in [-0.4, -0.2) is 60.9 Å². The second kappa shape index (κ2) is 6.64. The first-order chi connectivity index (χ1) is 11.1. The predicted molar refractivity (Wildman–Crippen MR) is 89.5 cm³/mol. The molecule has 1 saturated heterocycles. The van der Waals surface area contributed by atoms with Crippen LogP contribution in [0, 0.1) is 5.41 Å². The topological polar surface area (TPSA) is 61.1 Å². The minimum atomic E-state index is -0.0259. The van der Waals surface area contributed by atoms with Crippen LogP contribution in [0.3, 0.4) is 0 Å². The monoisotopic (exact) mass is 318 g/mol. The first kappa shape index (κ1) is 15.9. The number of piperazine rings is 1. The summed E-state index contributed by atoms with van der Waals surface area (Å²) in [6.07, 6.45) is 4.10. The quantitative estimate of drug-likeness (QED) is 0.679. The van der Waals surface area contributed by atoms with Crippen LogP contribution in [0.2, 0.25) is 0 Å². The second-order valence-electron chi connectivity index (χ2n) is 6.74. The smallest absolute Gasteiger partial charge is 0.289 e. The number of hydrogen-bond donors (Lipinski definition) is 1. The Morgan fingerprint density at radius 3 is 2.57 bits per heavy atom. The van der Waals surface area contributed by atoms with Gasteiger partial charge in [-0.25, -0.2) is 0 Å². The van der Waals surface area contributed by atoms with Crippen molar-refractivity contribution in [1.82, 2.24) is 15.1 Å². The summed E-state index contributed by atoms with van der Waals surface area (Å²) >= 11 is 0. The molecule has 2 heterocycles. The molecule has 126 valence electrons. The second-order valence-corrected chi connectivity index (χ2v) is 6.74. The molecule has 1 amide bonds. The Hall–Kier alpha value is -1.98. The maximum Gasteiger partial charge on any atom is 0.289 e. The molecular weight excluding hydrogens is 292 g/mol. The van der Waals surface area contributed by atoms with Gasteiger partial charge in [-0.3, -0.25) is 9.79 Å². The summed E-state index contributed by atoms with van der Waals surface area (Å²) in [6, 6.07) is 3.47. The number of hydrogen-bond acceptors (Lipinski definition) is 3. The zero-order valence-electron chi connectivity index (χ0n) is 14.0. The van der Waals surface area contributed by atoms with Gasteiger partial charge in [0, 0.05) is 39.3 Å². The molecule has 2 aliphatic rings. The third-order valence-electron chi connectivity index (χ3n) is 4.65. The van der Waals surface area contributed by atoms with Crippen LogP contribution >= 0.6 is 0 Å². The third-order valence-corrected chi connectivity index (χ3v) is 4.65. The van der Waals surface area contributed by atoms with Crippen molar-refractivity contribution in [2.45, 2.75) is 26.7 Å². The molecule has 0 aromatic carbocycles. The maximum absolute atomic E-state index is 12.3. The van der Waals surface area contributed by atoms with Crippen molar-refractivity contribution in [3.8, 4) is 0 Å². The zero-order valence-corrected chi connectivity index (χ0v) is 14.0. The number of furan rings is 1. The molecule has 6 heteroatoms. The first-order valence-corrected chi connectivity index (χ1v) is 8.47. The molecular formula is C17H26N4O2. The summed E-state index contributed by atoms with van der Waals surface area (Å²) in [4.78, 5) is 21.2. The lowest BCUT2D eigenvalue weighted by atomic mass is 10.1. The van der Waals surface area contributed by atoms with Gasteiger partial charge in [0.2, 0.25) is 0 Å². The van der Waals surface area contributed by atoms with E-state index in [1.165, 1.54) is 19.1 Å². The highest BCUT2D eigenvalue weighted by molar-refractivity contribution is 5.91. The van der Waals surface area contributed by atoms with Crippen molar-refractivity contribution in [1.29, 1.82) is 0 Å². The minimum Gasteiger partial charge on any atom is -0.459 e. The average Bonchev–Trinajstić information content (AvgIpc) is 3.08. The highest BCUT2D eigenvalue weighted by atomic mass is 16.3. The van der Waals surface area contributed by atoms with Crippen LogP contribution in [0.4, 0.5) is 0 Å². The standard InChI is InChI=1S/C17H26N4O2/c1-3-18-16(19-13-17(2)6-7-17)21-10-8-20(9-11-21)15(22)14-5-4-12-23-14/h4-5,12H,3,6-11,13H2,1-2H3,(H,18,19). The number of guanidine groups is 1. The Morgan fingerprint density at radius 2 is 2.00 bits per heavy atom. The van der Waals surface area contributed by atoms with Gasteiger partial charge in [0.05, 0.1) is 6.26 Å². The van der Waals surface area contributed by atoms with Gasteiger partial charge in [0.15, 0.2) is 11.7 Å². The van der Waals surface area contributed by atoms with E-state index < -0.39 is 0 Å². The van der Waals surface area contributed by atoms with Crippen molar-refractivity contribution >= 4 is 11.9 Å². The lowest BCUT2D eigenvalue weighted by Crippen LogP contribution is -2.53. The molecule has 2 fully saturated rings. The molecule has 1 aromatic rings. The Labute approximate surface area is 137 Å². The largest absolute Gasteiger partial charge is 0.459 e. The minimum absolute atomic E-state index is 0.0259. The molecule has 0 unspecified atom stereocenters. The van der Waals surface area contributed by atoms with Gasteiger partial charge < -0.3 is 19.5 Å². The van der Waals surface area contributed by atoms with Gasteiger partial charge in [-0.15, -0.1) is 0 Å². The molecule has 0 radical (unpaired) electrons. The molecule has 1 N–H and O–H groups in total.